The molecule has 29 heavy (non-hydrogen) atoms. The van der Waals surface area contributed by atoms with Crippen LogP contribution in [0.1, 0.15) is 44.1 Å². The lowest BCUT2D eigenvalue weighted by molar-refractivity contribution is -0.140. The Balaban J connectivity index is 1.72. The number of nitrogen functional groups attached to an aromatic ring is 1. The van der Waals surface area contributed by atoms with Gasteiger partial charge in [-0.15, -0.1) is 0 Å². The van der Waals surface area contributed by atoms with E-state index in [-0.39, 0.29) is 12.1 Å². The minimum absolute atomic E-state index is 0.210. The number of benzene rings is 2. The molecule has 3 aromatic rings. The Labute approximate surface area is 171 Å². The van der Waals surface area contributed by atoms with Gasteiger partial charge in [-0.25, -0.2) is 0 Å². The maximum Gasteiger partial charge on any atom is 0.305 e. The molecule has 152 valence electrons. The lowest BCUT2D eigenvalue weighted by Gasteiger charge is -2.26. The molecule has 0 saturated heterocycles. The molecule has 0 aliphatic heterocycles. The molecule has 1 saturated carbocycles. The minimum Gasteiger partial charge on any atom is -0.488 e. The number of anilines is 1. The monoisotopic (exact) mass is 392 g/mol. The van der Waals surface area contributed by atoms with E-state index < -0.39 is 0 Å². The van der Waals surface area contributed by atoms with Gasteiger partial charge in [-0.3, -0.25) is 4.79 Å². The Bertz CT molecular complexity index is 1000. The van der Waals surface area contributed by atoms with Gasteiger partial charge in [0.05, 0.1) is 18.9 Å². The third kappa shape index (κ3) is 4.39. The number of nitrogens with two attached hydrogens (primary N) is 1. The molecule has 1 aliphatic carbocycles. The van der Waals surface area contributed by atoms with E-state index in [1.165, 1.54) is 26.4 Å². The smallest absolute Gasteiger partial charge is 0.305 e. The molecule has 0 bridgehead atoms. The molecule has 3 N–H and O–H groups in total. The number of H-pyrrole nitrogens is 1. The fraction of sp³-hybridized carbons (Fsp3) is 0.375. The summed E-state index contributed by atoms with van der Waals surface area (Å²) in [7, 11) is 1.41. The number of fused-ring (bicyclic) bond motifs is 1. The van der Waals surface area contributed by atoms with Crippen LogP contribution in [-0.4, -0.2) is 24.2 Å². The molecule has 0 atom stereocenters. The molecule has 5 nitrogen and oxygen atoms in total. The first-order valence-electron chi connectivity index (χ1n) is 10.4. The lowest BCUT2D eigenvalue weighted by Crippen LogP contribution is -2.20. The zero-order chi connectivity index (χ0) is 20.2. The average Bonchev–Trinajstić information content (AvgIpc) is 3.22. The van der Waals surface area contributed by atoms with Crippen molar-refractivity contribution in [3.05, 3.63) is 48.2 Å². The highest BCUT2D eigenvalue weighted by Crippen LogP contribution is 2.39. The first kappa shape index (κ1) is 19.4. The summed E-state index contributed by atoms with van der Waals surface area (Å²) < 4.78 is 11.2. The molecular formula is C24H28N2O3. The number of hydrogen-bond acceptors (Lipinski definition) is 4. The number of ether oxygens (including phenoxy) is 2. The summed E-state index contributed by atoms with van der Waals surface area (Å²) in [5.74, 6) is 0.537. The van der Waals surface area contributed by atoms with Gasteiger partial charge in [0, 0.05) is 23.7 Å². The number of aryl methyl sites for hydroxylation is 1. The van der Waals surface area contributed by atoms with Crippen molar-refractivity contribution in [2.45, 2.75) is 51.0 Å². The van der Waals surface area contributed by atoms with Crippen molar-refractivity contribution in [2.24, 2.45) is 0 Å². The van der Waals surface area contributed by atoms with Crippen LogP contribution < -0.4 is 10.5 Å². The second kappa shape index (κ2) is 8.60. The number of esters is 1. The number of aromatic amines is 1. The van der Waals surface area contributed by atoms with E-state index >= 15 is 0 Å². The van der Waals surface area contributed by atoms with Crippen molar-refractivity contribution >= 4 is 22.6 Å². The molecule has 1 fully saturated rings. The molecule has 1 aromatic heterocycles. The predicted octanol–water partition coefficient (Wildman–Crippen LogP) is 5.23. The Morgan fingerprint density at radius 2 is 1.97 bits per heavy atom. The molecule has 0 amide bonds. The van der Waals surface area contributed by atoms with E-state index in [0.717, 1.165) is 46.2 Å². The molecule has 1 aliphatic rings. The van der Waals surface area contributed by atoms with Gasteiger partial charge in [0.15, 0.2) is 0 Å². The van der Waals surface area contributed by atoms with E-state index in [2.05, 4.69) is 35.3 Å². The van der Waals surface area contributed by atoms with Gasteiger partial charge >= 0.3 is 5.97 Å². The maximum atomic E-state index is 11.6. The Morgan fingerprint density at radius 1 is 1.14 bits per heavy atom. The Hall–Kier alpha value is -2.95. The summed E-state index contributed by atoms with van der Waals surface area (Å²) in [6, 6.07) is 12.4. The highest BCUT2D eigenvalue weighted by Gasteiger charge is 2.20. The highest BCUT2D eigenvalue weighted by molar-refractivity contribution is 5.88. The SMILES string of the molecule is COC(=O)CCc1cc(N)c(OC2CCCCC2)c(-c2ccc3[nH]ccc3c2)c1. The summed E-state index contributed by atoms with van der Waals surface area (Å²) >= 11 is 0. The van der Waals surface area contributed by atoms with Gasteiger partial charge in [-0.1, -0.05) is 12.5 Å². The minimum atomic E-state index is -0.221. The van der Waals surface area contributed by atoms with Gasteiger partial charge in [0.2, 0.25) is 0 Å². The van der Waals surface area contributed by atoms with Crippen LogP contribution in [0.2, 0.25) is 0 Å². The molecule has 4 rings (SSSR count). The van der Waals surface area contributed by atoms with E-state index in [0.29, 0.717) is 18.5 Å². The summed E-state index contributed by atoms with van der Waals surface area (Å²) in [4.78, 5) is 14.8. The predicted molar refractivity (Wildman–Crippen MR) is 116 cm³/mol. The summed E-state index contributed by atoms with van der Waals surface area (Å²) in [5, 5.41) is 1.14. The summed E-state index contributed by atoms with van der Waals surface area (Å²) in [5.41, 5.74) is 11.2. The van der Waals surface area contributed by atoms with Crippen LogP contribution in [0, 0.1) is 0 Å². The van der Waals surface area contributed by atoms with E-state index in [1.807, 2.05) is 12.3 Å². The number of carbonyl (C=O) groups is 1. The lowest BCUT2D eigenvalue weighted by atomic mass is 9.96. The van der Waals surface area contributed by atoms with Crippen LogP contribution in [0.5, 0.6) is 5.75 Å². The number of carbonyl (C=O) groups excluding carboxylic acids is 1. The largest absolute Gasteiger partial charge is 0.488 e. The van der Waals surface area contributed by atoms with Crippen LogP contribution in [0.15, 0.2) is 42.6 Å². The molecule has 1 heterocycles. The van der Waals surface area contributed by atoms with Crippen molar-refractivity contribution in [1.82, 2.24) is 4.98 Å². The fourth-order valence-corrected chi connectivity index (χ4v) is 4.12. The zero-order valence-electron chi connectivity index (χ0n) is 16.9. The Kier molecular flexibility index (Phi) is 5.74. The van der Waals surface area contributed by atoms with Gasteiger partial charge in [-0.05, 0) is 78.9 Å². The van der Waals surface area contributed by atoms with Crippen LogP contribution in [0.25, 0.3) is 22.0 Å². The quantitative estimate of drug-likeness (QED) is 0.444. The Morgan fingerprint density at radius 3 is 2.76 bits per heavy atom. The van der Waals surface area contributed by atoms with Crippen LogP contribution >= 0.6 is 0 Å². The van der Waals surface area contributed by atoms with Crippen LogP contribution in [-0.2, 0) is 16.0 Å². The number of hydrogen-bond donors (Lipinski definition) is 2. The standard InChI is InChI=1S/C24H28N2O3/c1-28-23(27)10-7-16-13-20(17-8-9-22-18(15-17)11-12-26-22)24(21(25)14-16)29-19-5-3-2-4-6-19/h8-9,11-15,19,26H,2-7,10,25H2,1H3. The first-order valence-corrected chi connectivity index (χ1v) is 10.4. The van der Waals surface area contributed by atoms with Crippen LogP contribution in [0.4, 0.5) is 5.69 Å². The third-order valence-electron chi connectivity index (χ3n) is 5.72. The second-order valence-electron chi connectivity index (χ2n) is 7.80. The molecule has 2 aromatic carbocycles. The fourth-order valence-electron chi connectivity index (χ4n) is 4.12. The van der Waals surface area contributed by atoms with Crippen molar-refractivity contribution in [3.8, 4) is 16.9 Å². The van der Waals surface area contributed by atoms with Gasteiger partial charge < -0.3 is 20.2 Å². The third-order valence-corrected chi connectivity index (χ3v) is 5.72. The topological polar surface area (TPSA) is 77.3 Å². The van der Waals surface area contributed by atoms with Crippen molar-refractivity contribution < 1.29 is 14.3 Å². The molecular weight excluding hydrogens is 364 g/mol. The number of nitrogens with one attached hydrogen (secondary N) is 1. The van der Waals surface area contributed by atoms with Gasteiger partial charge in [0.25, 0.3) is 0 Å². The number of aromatic nitrogens is 1. The van der Waals surface area contributed by atoms with Crippen LogP contribution in [0.3, 0.4) is 0 Å². The zero-order valence-corrected chi connectivity index (χ0v) is 16.9. The summed E-state index contributed by atoms with van der Waals surface area (Å²) in [6.45, 7) is 0. The molecule has 0 radical (unpaired) electrons. The van der Waals surface area contributed by atoms with Gasteiger partial charge in [0.1, 0.15) is 5.75 Å². The molecule has 0 spiro atoms. The first-order chi connectivity index (χ1) is 14.1. The van der Waals surface area contributed by atoms with E-state index in [1.54, 1.807) is 0 Å². The van der Waals surface area contributed by atoms with Crippen molar-refractivity contribution in [2.75, 3.05) is 12.8 Å². The van der Waals surface area contributed by atoms with Gasteiger partial charge in [-0.2, -0.15) is 0 Å². The summed E-state index contributed by atoms with van der Waals surface area (Å²) in [6.07, 6.45) is 8.88. The molecule has 5 heteroatoms. The average molecular weight is 392 g/mol. The van der Waals surface area contributed by atoms with Crippen molar-refractivity contribution in [3.63, 3.8) is 0 Å². The molecule has 0 unspecified atom stereocenters. The normalized spacial score (nSPS) is 14.8. The number of rotatable bonds is 6. The van der Waals surface area contributed by atoms with Crippen molar-refractivity contribution in [1.29, 1.82) is 0 Å². The number of methoxy groups -OCH3 is 1. The van der Waals surface area contributed by atoms with E-state index in [9.17, 15) is 4.79 Å². The second-order valence-corrected chi connectivity index (χ2v) is 7.80. The maximum absolute atomic E-state index is 11.6. The van der Waals surface area contributed by atoms with E-state index in [4.69, 9.17) is 15.2 Å². The highest BCUT2D eigenvalue weighted by atomic mass is 16.5.